The van der Waals surface area contributed by atoms with Crippen LogP contribution in [0, 0.1) is 0 Å². The van der Waals surface area contributed by atoms with Gasteiger partial charge in [0, 0.05) is 25.8 Å². The van der Waals surface area contributed by atoms with Crippen molar-refractivity contribution < 1.29 is 8.42 Å². The fourth-order valence-electron chi connectivity index (χ4n) is 2.12. The highest BCUT2D eigenvalue weighted by molar-refractivity contribution is 7.89. The van der Waals surface area contributed by atoms with Gasteiger partial charge in [0.15, 0.2) is 0 Å². The van der Waals surface area contributed by atoms with Gasteiger partial charge in [-0.2, -0.15) is 4.31 Å². The number of hydrogen-bond donors (Lipinski definition) is 1. The van der Waals surface area contributed by atoms with Gasteiger partial charge in [0.05, 0.1) is 11.9 Å². The number of hydrogen-bond acceptors (Lipinski definition) is 4. The number of aromatic nitrogens is 1. The number of rotatable bonds is 4. The van der Waals surface area contributed by atoms with Crippen molar-refractivity contribution in [2.45, 2.75) is 31.1 Å². The Kier molecular flexibility index (Phi) is 4.19. The van der Waals surface area contributed by atoms with Gasteiger partial charge in [-0.3, -0.25) is 4.98 Å². The van der Waals surface area contributed by atoms with Crippen LogP contribution in [-0.2, 0) is 10.0 Å². The molecule has 0 aromatic carbocycles. The molecule has 100 valence electrons. The zero-order valence-corrected chi connectivity index (χ0v) is 11.4. The highest BCUT2D eigenvalue weighted by Gasteiger charge is 2.26. The van der Waals surface area contributed by atoms with Crippen molar-refractivity contribution >= 4 is 15.7 Å². The third-order valence-electron chi connectivity index (χ3n) is 3.05. The zero-order chi connectivity index (χ0) is 13.0. The van der Waals surface area contributed by atoms with Gasteiger partial charge in [-0.25, -0.2) is 8.42 Å². The molecule has 5 nitrogen and oxygen atoms in total. The summed E-state index contributed by atoms with van der Waals surface area (Å²) >= 11 is 0. The standard InChI is InChI=1S/C12H19N3O2S/c1-2-14-11-8-12(10-13-9-11)18(16,17)15-6-4-3-5-7-15/h8-10,14H,2-7H2,1H3. The van der Waals surface area contributed by atoms with Crippen molar-refractivity contribution in [2.75, 3.05) is 25.0 Å². The van der Waals surface area contributed by atoms with Crippen LogP contribution in [0.15, 0.2) is 23.4 Å². The maximum absolute atomic E-state index is 12.4. The Balaban J connectivity index is 2.25. The SMILES string of the molecule is CCNc1cncc(S(=O)(=O)N2CCCCC2)c1. The monoisotopic (exact) mass is 269 g/mol. The van der Waals surface area contributed by atoms with E-state index in [2.05, 4.69) is 10.3 Å². The maximum atomic E-state index is 12.4. The lowest BCUT2D eigenvalue weighted by atomic mass is 10.2. The summed E-state index contributed by atoms with van der Waals surface area (Å²) in [5, 5.41) is 3.08. The van der Waals surface area contributed by atoms with Crippen molar-refractivity contribution in [1.82, 2.24) is 9.29 Å². The van der Waals surface area contributed by atoms with E-state index in [0.29, 0.717) is 13.1 Å². The Labute approximate surface area is 108 Å². The average molecular weight is 269 g/mol. The summed E-state index contributed by atoms with van der Waals surface area (Å²) in [6.07, 6.45) is 6.06. The smallest absolute Gasteiger partial charge is 0.244 e. The zero-order valence-electron chi connectivity index (χ0n) is 10.6. The first kappa shape index (κ1) is 13.3. The molecular formula is C12H19N3O2S. The summed E-state index contributed by atoms with van der Waals surface area (Å²) in [7, 11) is -3.37. The molecule has 0 atom stereocenters. The van der Waals surface area contributed by atoms with Crippen LogP contribution in [0.4, 0.5) is 5.69 Å². The second kappa shape index (κ2) is 5.67. The molecule has 1 fully saturated rings. The van der Waals surface area contributed by atoms with E-state index in [4.69, 9.17) is 0 Å². The first-order valence-corrected chi connectivity index (χ1v) is 7.77. The van der Waals surface area contributed by atoms with Crippen molar-refractivity contribution in [3.63, 3.8) is 0 Å². The molecule has 0 spiro atoms. The number of nitrogens with zero attached hydrogens (tertiary/aromatic N) is 2. The summed E-state index contributed by atoms with van der Waals surface area (Å²) in [6.45, 7) is 3.95. The van der Waals surface area contributed by atoms with Gasteiger partial charge < -0.3 is 5.32 Å². The molecule has 1 aliphatic heterocycles. The molecule has 0 unspecified atom stereocenters. The lowest BCUT2D eigenvalue weighted by Gasteiger charge is -2.25. The van der Waals surface area contributed by atoms with Crippen molar-refractivity contribution in [2.24, 2.45) is 0 Å². The molecule has 2 rings (SSSR count). The molecule has 0 bridgehead atoms. The summed E-state index contributed by atoms with van der Waals surface area (Å²) in [5.74, 6) is 0. The average Bonchev–Trinajstić information content (AvgIpc) is 2.40. The van der Waals surface area contributed by atoms with E-state index in [1.807, 2.05) is 6.92 Å². The Morgan fingerprint density at radius 1 is 1.28 bits per heavy atom. The van der Waals surface area contributed by atoms with Gasteiger partial charge in [-0.15, -0.1) is 0 Å². The Morgan fingerprint density at radius 3 is 2.67 bits per heavy atom. The molecule has 0 radical (unpaired) electrons. The molecule has 18 heavy (non-hydrogen) atoms. The van der Waals surface area contributed by atoms with Crippen LogP contribution in [0.5, 0.6) is 0 Å². The molecule has 6 heteroatoms. The molecule has 2 heterocycles. The van der Waals surface area contributed by atoms with Crippen LogP contribution < -0.4 is 5.32 Å². The predicted molar refractivity (Wildman–Crippen MR) is 71.0 cm³/mol. The third-order valence-corrected chi connectivity index (χ3v) is 4.91. The fraction of sp³-hybridized carbons (Fsp3) is 0.583. The first-order chi connectivity index (χ1) is 8.64. The minimum Gasteiger partial charge on any atom is -0.384 e. The van der Waals surface area contributed by atoms with E-state index in [0.717, 1.165) is 31.5 Å². The molecule has 1 aromatic rings. The van der Waals surface area contributed by atoms with Gasteiger partial charge >= 0.3 is 0 Å². The van der Waals surface area contributed by atoms with E-state index >= 15 is 0 Å². The first-order valence-electron chi connectivity index (χ1n) is 6.33. The normalized spacial score (nSPS) is 17.6. The van der Waals surface area contributed by atoms with Gasteiger partial charge in [0.2, 0.25) is 10.0 Å². The van der Waals surface area contributed by atoms with Gasteiger partial charge in [-0.05, 0) is 25.8 Å². The van der Waals surface area contributed by atoms with Crippen LogP contribution in [0.2, 0.25) is 0 Å². The van der Waals surface area contributed by atoms with Crippen LogP contribution in [0.25, 0.3) is 0 Å². The van der Waals surface area contributed by atoms with Crippen molar-refractivity contribution in [3.05, 3.63) is 18.5 Å². The van der Waals surface area contributed by atoms with Crippen molar-refractivity contribution in [3.8, 4) is 0 Å². The Hall–Kier alpha value is -1.14. The molecule has 1 N–H and O–H groups in total. The molecular weight excluding hydrogens is 250 g/mol. The lowest BCUT2D eigenvalue weighted by Crippen LogP contribution is -2.35. The number of pyridine rings is 1. The summed E-state index contributed by atoms with van der Waals surface area (Å²) in [4.78, 5) is 4.28. The van der Waals surface area contributed by atoms with Crippen LogP contribution >= 0.6 is 0 Å². The number of anilines is 1. The molecule has 1 aliphatic rings. The number of piperidine rings is 1. The third kappa shape index (κ3) is 2.81. The second-order valence-electron chi connectivity index (χ2n) is 4.40. The molecule has 0 aliphatic carbocycles. The van der Waals surface area contributed by atoms with E-state index in [-0.39, 0.29) is 4.90 Å². The second-order valence-corrected chi connectivity index (χ2v) is 6.34. The molecule has 1 aromatic heterocycles. The van der Waals surface area contributed by atoms with E-state index in [9.17, 15) is 8.42 Å². The largest absolute Gasteiger partial charge is 0.384 e. The number of sulfonamides is 1. The van der Waals surface area contributed by atoms with E-state index < -0.39 is 10.0 Å². The Morgan fingerprint density at radius 2 is 2.00 bits per heavy atom. The maximum Gasteiger partial charge on any atom is 0.244 e. The van der Waals surface area contributed by atoms with Crippen molar-refractivity contribution in [1.29, 1.82) is 0 Å². The predicted octanol–water partition coefficient (Wildman–Crippen LogP) is 1.69. The van der Waals surface area contributed by atoms with Crippen LogP contribution in [-0.4, -0.2) is 37.3 Å². The molecule has 0 saturated carbocycles. The number of nitrogens with one attached hydrogen (secondary N) is 1. The van der Waals surface area contributed by atoms with Gasteiger partial charge in [-0.1, -0.05) is 6.42 Å². The quantitative estimate of drug-likeness (QED) is 0.903. The highest BCUT2D eigenvalue weighted by Crippen LogP contribution is 2.21. The highest BCUT2D eigenvalue weighted by atomic mass is 32.2. The van der Waals surface area contributed by atoms with E-state index in [1.165, 1.54) is 6.20 Å². The molecule has 0 amide bonds. The fourth-order valence-corrected chi connectivity index (χ4v) is 3.62. The van der Waals surface area contributed by atoms with Gasteiger partial charge in [0.25, 0.3) is 0 Å². The summed E-state index contributed by atoms with van der Waals surface area (Å²) in [5.41, 5.74) is 0.746. The minimum absolute atomic E-state index is 0.280. The lowest BCUT2D eigenvalue weighted by molar-refractivity contribution is 0.346. The van der Waals surface area contributed by atoms with Crippen LogP contribution in [0.1, 0.15) is 26.2 Å². The molecule has 1 saturated heterocycles. The van der Waals surface area contributed by atoms with Crippen LogP contribution in [0.3, 0.4) is 0 Å². The minimum atomic E-state index is -3.37. The Bertz CT molecular complexity index is 496. The summed E-state index contributed by atoms with van der Waals surface area (Å²) in [6, 6.07) is 1.65. The topological polar surface area (TPSA) is 62.3 Å². The van der Waals surface area contributed by atoms with Gasteiger partial charge in [0.1, 0.15) is 4.90 Å². The summed E-state index contributed by atoms with van der Waals surface area (Å²) < 4.78 is 26.4. The van der Waals surface area contributed by atoms with E-state index in [1.54, 1.807) is 16.6 Å².